The number of carbonyl (C=O) groups is 2. The lowest BCUT2D eigenvalue weighted by atomic mass is 10.0. The van der Waals surface area contributed by atoms with Gasteiger partial charge in [0.15, 0.2) is 0 Å². The Bertz CT molecular complexity index is 875. The predicted octanol–water partition coefficient (Wildman–Crippen LogP) is 3.09. The molecule has 1 heterocycles. The van der Waals surface area contributed by atoms with Gasteiger partial charge in [0.05, 0.1) is 17.2 Å². The van der Waals surface area contributed by atoms with Gasteiger partial charge in [-0.05, 0) is 37.3 Å². The number of anilines is 1. The third-order valence-electron chi connectivity index (χ3n) is 4.24. The highest BCUT2D eigenvalue weighted by atomic mass is 35.5. The summed E-state index contributed by atoms with van der Waals surface area (Å²) in [4.78, 5) is 28.5. The minimum Gasteiger partial charge on any atom is -0.325 e. The Morgan fingerprint density at radius 3 is 2.72 bits per heavy atom. The highest BCUT2D eigenvalue weighted by Gasteiger charge is 2.34. The van der Waals surface area contributed by atoms with Gasteiger partial charge in [0.25, 0.3) is 5.91 Å². The second kappa shape index (κ2) is 6.96. The molecule has 1 aliphatic heterocycles. The van der Waals surface area contributed by atoms with E-state index in [1.165, 1.54) is 4.90 Å². The van der Waals surface area contributed by atoms with Crippen LogP contribution in [0.2, 0.25) is 5.02 Å². The van der Waals surface area contributed by atoms with Crippen molar-refractivity contribution in [2.24, 2.45) is 0 Å². The molecule has 0 aliphatic carbocycles. The quantitative estimate of drug-likeness (QED) is 0.833. The van der Waals surface area contributed by atoms with E-state index in [0.717, 1.165) is 0 Å². The van der Waals surface area contributed by atoms with Gasteiger partial charge in [-0.15, -0.1) is 0 Å². The van der Waals surface area contributed by atoms with Crippen molar-refractivity contribution in [3.05, 3.63) is 64.7 Å². The number of amides is 2. The zero-order valence-electron chi connectivity index (χ0n) is 13.6. The molecule has 2 aromatic carbocycles. The molecule has 6 heteroatoms. The Hall–Kier alpha value is -2.84. The second-order valence-corrected chi connectivity index (χ2v) is 6.36. The molecular formula is C19H16ClN3O2. The topological polar surface area (TPSA) is 64.4 Å². The van der Waals surface area contributed by atoms with E-state index in [4.69, 9.17) is 11.6 Å². The van der Waals surface area contributed by atoms with Crippen molar-refractivity contribution in [3.8, 4) is 6.07 Å². The Morgan fingerprint density at radius 1 is 1.24 bits per heavy atom. The lowest BCUT2D eigenvalue weighted by Gasteiger charge is -2.39. The number of nitriles is 1. The summed E-state index contributed by atoms with van der Waals surface area (Å²) in [5.41, 5.74) is 1.35. The molecule has 2 aromatic rings. The molecule has 0 spiro atoms. The van der Waals surface area contributed by atoms with Gasteiger partial charge >= 0.3 is 0 Å². The van der Waals surface area contributed by atoms with Crippen LogP contribution >= 0.6 is 11.6 Å². The SMILES string of the molecule is CC1CN(c2cccc(Cl)c2)C(=O)CN1C(=O)c1ccccc1C#N. The highest BCUT2D eigenvalue weighted by Crippen LogP contribution is 2.24. The fraction of sp³-hybridized carbons (Fsp3) is 0.211. The van der Waals surface area contributed by atoms with Crippen LogP contribution in [0.25, 0.3) is 0 Å². The Labute approximate surface area is 151 Å². The van der Waals surface area contributed by atoms with Crippen LogP contribution in [0.4, 0.5) is 5.69 Å². The lowest BCUT2D eigenvalue weighted by Crippen LogP contribution is -2.57. The van der Waals surface area contributed by atoms with Gasteiger partial charge in [0, 0.05) is 23.3 Å². The van der Waals surface area contributed by atoms with Crippen molar-refractivity contribution >= 4 is 29.1 Å². The molecule has 0 bridgehead atoms. The Balaban J connectivity index is 1.84. The van der Waals surface area contributed by atoms with Crippen molar-refractivity contribution in [1.29, 1.82) is 5.26 Å². The smallest absolute Gasteiger partial charge is 0.255 e. The van der Waals surface area contributed by atoms with E-state index < -0.39 is 0 Å². The maximum absolute atomic E-state index is 12.8. The van der Waals surface area contributed by atoms with Crippen LogP contribution in [0.3, 0.4) is 0 Å². The molecule has 1 atom stereocenters. The molecule has 1 fully saturated rings. The normalized spacial score (nSPS) is 17.3. The zero-order valence-corrected chi connectivity index (χ0v) is 14.4. The van der Waals surface area contributed by atoms with Crippen molar-refractivity contribution in [2.45, 2.75) is 13.0 Å². The van der Waals surface area contributed by atoms with E-state index in [1.54, 1.807) is 47.4 Å². The van der Waals surface area contributed by atoms with Crippen LogP contribution in [0, 0.1) is 11.3 Å². The number of piperazine rings is 1. The third-order valence-corrected chi connectivity index (χ3v) is 4.48. The molecular weight excluding hydrogens is 338 g/mol. The molecule has 0 saturated carbocycles. The summed E-state index contributed by atoms with van der Waals surface area (Å²) in [6, 6.07) is 15.6. The molecule has 1 unspecified atom stereocenters. The molecule has 25 heavy (non-hydrogen) atoms. The van der Waals surface area contributed by atoms with Gasteiger partial charge in [0.2, 0.25) is 5.91 Å². The number of benzene rings is 2. The number of hydrogen-bond acceptors (Lipinski definition) is 3. The molecule has 0 N–H and O–H groups in total. The van der Waals surface area contributed by atoms with Crippen molar-refractivity contribution < 1.29 is 9.59 Å². The molecule has 0 radical (unpaired) electrons. The van der Waals surface area contributed by atoms with Crippen LogP contribution in [-0.4, -0.2) is 35.8 Å². The largest absolute Gasteiger partial charge is 0.325 e. The van der Waals surface area contributed by atoms with E-state index in [9.17, 15) is 14.9 Å². The number of hydrogen-bond donors (Lipinski definition) is 0. The average molecular weight is 354 g/mol. The molecule has 1 aliphatic rings. The van der Waals surface area contributed by atoms with Gasteiger partial charge in [0.1, 0.15) is 6.54 Å². The molecule has 3 rings (SSSR count). The minimum atomic E-state index is -0.302. The lowest BCUT2D eigenvalue weighted by molar-refractivity contribution is -0.121. The fourth-order valence-electron chi connectivity index (χ4n) is 2.94. The summed E-state index contributed by atoms with van der Waals surface area (Å²) in [5, 5.41) is 9.75. The summed E-state index contributed by atoms with van der Waals surface area (Å²) in [5.74, 6) is -0.480. The number of halogens is 1. The first-order valence-corrected chi connectivity index (χ1v) is 8.25. The van der Waals surface area contributed by atoms with E-state index in [-0.39, 0.29) is 24.4 Å². The Kier molecular flexibility index (Phi) is 4.73. The van der Waals surface area contributed by atoms with Gasteiger partial charge in [-0.3, -0.25) is 9.59 Å². The number of rotatable bonds is 2. The average Bonchev–Trinajstić information content (AvgIpc) is 2.62. The van der Waals surface area contributed by atoms with Crippen LogP contribution < -0.4 is 4.90 Å². The van der Waals surface area contributed by atoms with Crippen LogP contribution in [0.1, 0.15) is 22.8 Å². The number of nitrogens with zero attached hydrogens (tertiary/aromatic N) is 3. The number of carbonyl (C=O) groups excluding carboxylic acids is 2. The molecule has 126 valence electrons. The maximum atomic E-state index is 12.8. The van der Waals surface area contributed by atoms with Crippen LogP contribution in [-0.2, 0) is 4.79 Å². The monoisotopic (exact) mass is 353 g/mol. The van der Waals surface area contributed by atoms with Gasteiger partial charge in [-0.25, -0.2) is 0 Å². The van der Waals surface area contributed by atoms with E-state index in [1.807, 2.05) is 19.1 Å². The predicted molar refractivity (Wildman–Crippen MR) is 95.5 cm³/mol. The highest BCUT2D eigenvalue weighted by molar-refractivity contribution is 6.30. The minimum absolute atomic E-state index is 0.0354. The molecule has 1 saturated heterocycles. The standard InChI is InChI=1S/C19H16ClN3O2/c1-13-11-23(16-7-4-6-15(20)9-16)18(24)12-22(13)19(25)17-8-3-2-5-14(17)10-21/h2-9,13H,11-12H2,1H3. The Morgan fingerprint density at radius 2 is 2.00 bits per heavy atom. The van der Waals surface area contributed by atoms with E-state index >= 15 is 0 Å². The summed E-state index contributed by atoms with van der Waals surface area (Å²) >= 11 is 6.01. The summed E-state index contributed by atoms with van der Waals surface area (Å²) in [6.07, 6.45) is 0. The fourth-order valence-corrected chi connectivity index (χ4v) is 3.12. The van der Waals surface area contributed by atoms with Crippen molar-refractivity contribution in [2.75, 3.05) is 18.0 Å². The van der Waals surface area contributed by atoms with Gasteiger partial charge < -0.3 is 9.80 Å². The third kappa shape index (κ3) is 3.35. The van der Waals surface area contributed by atoms with E-state index in [2.05, 4.69) is 0 Å². The van der Waals surface area contributed by atoms with Crippen LogP contribution in [0.5, 0.6) is 0 Å². The van der Waals surface area contributed by atoms with Gasteiger partial charge in [-0.2, -0.15) is 5.26 Å². The summed E-state index contributed by atoms with van der Waals surface area (Å²) < 4.78 is 0. The molecule has 5 nitrogen and oxygen atoms in total. The molecule has 0 aromatic heterocycles. The van der Waals surface area contributed by atoms with Crippen LogP contribution in [0.15, 0.2) is 48.5 Å². The first kappa shape index (κ1) is 17.0. The first-order chi connectivity index (χ1) is 12.0. The van der Waals surface area contributed by atoms with Crippen molar-refractivity contribution in [1.82, 2.24) is 4.90 Å². The summed E-state index contributed by atoms with van der Waals surface area (Å²) in [7, 11) is 0. The first-order valence-electron chi connectivity index (χ1n) is 7.87. The second-order valence-electron chi connectivity index (χ2n) is 5.92. The molecule has 2 amide bonds. The van der Waals surface area contributed by atoms with E-state index in [0.29, 0.717) is 28.4 Å². The zero-order chi connectivity index (χ0) is 18.0. The van der Waals surface area contributed by atoms with Crippen molar-refractivity contribution in [3.63, 3.8) is 0 Å². The van der Waals surface area contributed by atoms with Gasteiger partial charge in [-0.1, -0.05) is 29.8 Å². The summed E-state index contributed by atoms with van der Waals surface area (Å²) in [6.45, 7) is 2.22. The maximum Gasteiger partial charge on any atom is 0.255 e.